The molecule has 7 heteroatoms. The fourth-order valence-electron chi connectivity index (χ4n) is 1.65. The minimum absolute atomic E-state index is 0.0192. The number of rotatable bonds is 4. The maximum absolute atomic E-state index is 11.0. The van der Waals surface area contributed by atoms with Gasteiger partial charge in [-0.25, -0.2) is 0 Å². The van der Waals surface area contributed by atoms with Crippen molar-refractivity contribution in [1.29, 1.82) is 0 Å². The predicted molar refractivity (Wildman–Crippen MR) is 74.0 cm³/mol. The third kappa shape index (κ3) is 3.55. The summed E-state index contributed by atoms with van der Waals surface area (Å²) in [6, 6.07) is 12.5. The lowest BCUT2D eigenvalue weighted by atomic mass is 10.1. The highest BCUT2D eigenvalue weighted by atomic mass is 32.2. The standard InChI is InChI=1S/C13H11NO5S/c1-20(17,18)19-13-8-4-11(5-9-13)10-2-6-12(7-3-10)14(15)16/h2-9H,1H3. The van der Waals surface area contributed by atoms with Gasteiger partial charge in [-0.3, -0.25) is 10.1 Å². The van der Waals surface area contributed by atoms with Crippen molar-refractivity contribution in [1.82, 2.24) is 0 Å². The summed E-state index contributed by atoms with van der Waals surface area (Å²) in [6.45, 7) is 0. The molecular formula is C13H11NO5S. The summed E-state index contributed by atoms with van der Waals surface area (Å²) in [5, 5.41) is 10.6. The van der Waals surface area contributed by atoms with Crippen molar-refractivity contribution in [2.45, 2.75) is 0 Å². The van der Waals surface area contributed by atoms with Crippen molar-refractivity contribution in [2.75, 3.05) is 6.26 Å². The van der Waals surface area contributed by atoms with E-state index in [1.165, 1.54) is 24.3 Å². The van der Waals surface area contributed by atoms with Gasteiger partial charge in [-0.15, -0.1) is 0 Å². The van der Waals surface area contributed by atoms with Crippen molar-refractivity contribution in [3.05, 3.63) is 58.6 Å². The maximum Gasteiger partial charge on any atom is 0.306 e. The Morgan fingerprint density at radius 2 is 1.40 bits per heavy atom. The zero-order valence-electron chi connectivity index (χ0n) is 10.5. The Labute approximate surface area is 115 Å². The van der Waals surface area contributed by atoms with Crippen LogP contribution in [-0.4, -0.2) is 19.6 Å². The van der Waals surface area contributed by atoms with Crippen molar-refractivity contribution < 1.29 is 17.5 Å². The second-order valence-corrected chi connectivity index (χ2v) is 5.69. The topological polar surface area (TPSA) is 86.5 Å². The average Bonchev–Trinajstić information content (AvgIpc) is 2.38. The van der Waals surface area contributed by atoms with Gasteiger partial charge in [0.2, 0.25) is 0 Å². The highest BCUT2D eigenvalue weighted by Gasteiger charge is 2.07. The minimum Gasteiger partial charge on any atom is -0.383 e. The molecule has 0 fully saturated rings. The molecule has 2 aromatic rings. The summed E-state index contributed by atoms with van der Waals surface area (Å²) in [5.41, 5.74) is 1.62. The van der Waals surface area contributed by atoms with Crippen molar-refractivity contribution >= 4 is 15.8 Å². The van der Waals surface area contributed by atoms with Crippen LogP contribution in [0.15, 0.2) is 48.5 Å². The Morgan fingerprint density at radius 1 is 0.950 bits per heavy atom. The third-order valence-electron chi connectivity index (χ3n) is 2.51. The van der Waals surface area contributed by atoms with E-state index in [1.807, 2.05) is 0 Å². The molecule has 0 amide bonds. The first-order valence-corrected chi connectivity index (χ1v) is 7.41. The van der Waals surface area contributed by atoms with Crippen LogP contribution >= 0.6 is 0 Å². The Balaban J connectivity index is 2.23. The zero-order chi connectivity index (χ0) is 14.8. The highest BCUT2D eigenvalue weighted by molar-refractivity contribution is 7.86. The molecule has 0 unspecified atom stereocenters. The quantitative estimate of drug-likeness (QED) is 0.491. The number of nitrogens with zero attached hydrogens (tertiary/aromatic N) is 1. The number of non-ortho nitro benzene ring substituents is 1. The summed E-state index contributed by atoms with van der Waals surface area (Å²) < 4.78 is 26.7. The van der Waals surface area contributed by atoms with Crippen LogP contribution in [0, 0.1) is 10.1 Å². The SMILES string of the molecule is CS(=O)(=O)Oc1ccc(-c2ccc([N+](=O)[O-])cc2)cc1. The molecule has 0 saturated heterocycles. The van der Waals surface area contributed by atoms with E-state index in [-0.39, 0.29) is 11.4 Å². The molecule has 0 bridgehead atoms. The van der Waals surface area contributed by atoms with E-state index in [4.69, 9.17) is 4.18 Å². The molecule has 0 saturated carbocycles. The Morgan fingerprint density at radius 3 is 1.80 bits per heavy atom. The second kappa shape index (κ2) is 5.30. The van der Waals surface area contributed by atoms with E-state index in [1.54, 1.807) is 24.3 Å². The molecule has 104 valence electrons. The summed E-state index contributed by atoms with van der Waals surface area (Å²) in [7, 11) is -3.54. The van der Waals surface area contributed by atoms with Gasteiger partial charge < -0.3 is 4.18 Å². The zero-order valence-corrected chi connectivity index (χ0v) is 11.3. The van der Waals surface area contributed by atoms with E-state index in [9.17, 15) is 18.5 Å². The van der Waals surface area contributed by atoms with Gasteiger partial charge in [-0.1, -0.05) is 12.1 Å². The first kappa shape index (κ1) is 14.0. The molecular weight excluding hydrogens is 282 g/mol. The van der Waals surface area contributed by atoms with Crippen LogP contribution in [0.25, 0.3) is 11.1 Å². The lowest BCUT2D eigenvalue weighted by Crippen LogP contribution is -2.05. The van der Waals surface area contributed by atoms with Crippen molar-refractivity contribution in [3.63, 3.8) is 0 Å². The molecule has 2 rings (SSSR count). The van der Waals surface area contributed by atoms with Gasteiger partial charge in [0.15, 0.2) is 0 Å². The molecule has 0 N–H and O–H groups in total. The normalized spacial score (nSPS) is 11.1. The lowest BCUT2D eigenvalue weighted by Gasteiger charge is -2.05. The Bertz CT molecular complexity index is 720. The van der Waals surface area contributed by atoms with E-state index >= 15 is 0 Å². The van der Waals surface area contributed by atoms with Gasteiger partial charge in [0.25, 0.3) is 5.69 Å². The number of hydrogen-bond donors (Lipinski definition) is 0. The smallest absolute Gasteiger partial charge is 0.306 e. The fraction of sp³-hybridized carbons (Fsp3) is 0.0769. The van der Waals surface area contributed by atoms with Gasteiger partial charge in [-0.2, -0.15) is 8.42 Å². The molecule has 0 aliphatic carbocycles. The molecule has 0 spiro atoms. The molecule has 0 heterocycles. The van der Waals surface area contributed by atoms with Crippen LogP contribution in [-0.2, 0) is 10.1 Å². The Hall–Kier alpha value is -2.41. The summed E-state index contributed by atoms with van der Waals surface area (Å²) in [6.07, 6.45) is 0.969. The van der Waals surface area contributed by atoms with Crippen LogP contribution in [0.2, 0.25) is 0 Å². The van der Waals surface area contributed by atoms with E-state index < -0.39 is 15.0 Å². The minimum atomic E-state index is -3.54. The van der Waals surface area contributed by atoms with Gasteiger partial charge in [0.05, 0.1) is 11.2 Å². The van der Waals surface area contributed by atoms with Crippen LogP contribution in [0.4, 0.5) is 5.69 Å². The summed E-state index contributed by atoms with van der Waals surface area (Å²) in [5.74, 6) is 0.221. The predicted octanol–water partition coefficient (Wildman–Crippen LogP) is 2.60. The van der Waals surface area contributed by atoms with Crippen molar-refractivity contribution in [2.24, 2.45) is 0 Å². The second-order valence-electron chi connectivity index (χ2n) is 4.12. The maximum atomic E-state index is 11.0. The molecule has 0 atom stereocenters. The molecule has 20 heavy (non-hydrogen) atoms. The average molecular weight is 293 g/mol. The molecule has 0 aliphatic heterocycles. The van der Waals surface area contributed by atoms with Crippen LogP contribution < -0.4 is 4.18 Å². The fourth-order valence-corrected chi connectivity index (χ4v) is 2.11. The molecule has 0 radical (unpaired) electrons. The van der Waals surface area contributed by atoms with Crippen molar-refractivity contribution in [3.8, 4) is 16.9 Å². The van der Waals surface area contributed by atoms with Gasteiger partial charge in [-0.05, 0) is 35.4 Å². The number of nitro groups is 1. The Kier molecular flexibility index (Phi) is 3.71. The highest BCUT2D eigenvalue weighted by Crippen LogP contribution is 2.24. The van der Waals surface area contributed by atoms with E-state index in [2.05, 4.69) is 0 Å². The lowest BCUT2D eigenvalue weighted by molar-refractivity contribution is -0.384. The number of benzene rings is 2. The van der Waals surface area contributed by atoms with Gasteiger partial charge in [0, 0.05) is 12.1 Å². The molecule has 0 aromatic heterocycles. The first-order valence-electron chi connectivity index (χ1n) is 5.59. The molecule has 0 aliphatic rings. The first-order chi connectivity index (χ1) is 9.35. The monoisotopic (exact) mass is 293 g/mol. The third-order valence-corrected chi connectivity index (χ3v) is 3.01. The van der Waals surface area contributed by atoms with Crippen LogP contribution in [0.3, 0.4) is 0 Å². The summed E-state index contributed by atoms with van der Waals surface area (Å²) >= 11 is 0. The van der Waals surface area contributed by atoms with Crippen LogP contribution in [0.5, 0.6) is 5.75 Å². The largest absolute Gasteiger partial charge is 0.383 e. The number of hydrogen-bond acceptors (Lipinski definition) is 5. The van der Waals surface area contributed by atoms with E-state index in [0.29, 0.717) is 0 Å². The van der Waals surface area contributed by atoms with Gasteiger partial charge in [0.1, 0.15) is 5.75 Å². The summed E-state index contributed by atoms with van der Waals surface area (Å²) in [4.78, 5) is 10.1. The van der Waals surface area contributed by atoms with Gasteiger partial charge >= 0.3 is 10.1 Å². The van der Waals surface area contributed by atoms with E-state index in [0.717, 1.165) is 17.4 Å². The van der Waals surface area contributed by atoms with Crippen LogP contribution in [0.1, 0.15) is 0 Å². The molecule has 2 aromatic carbocycles. The number of nitro benzene ring substituents is 1. The molecule has 6 nitrogen and oxygen atoms in total.